The summed E-state index contributed by atoms with van der Waals surface area (Å²) in [6, 6.07) is 5.44. The third-order valence-corrected chi connectivity index (χ3v) is 1.32. The first-order chi connectivity index (χ1) is 6.58. The molecule has 5 N–H and O–H groups in total. The van der Waals surface area contributed by atoms with Crippen LogP contribution in [0.1, 0.15) is 0 Å². The van der Waals surface area contributed by atoms with Gasteiger partial charge in [0.25, 0.3) is 0 Å². The van der Waals surface area contributed by atoms with E-state index in [9.17, 15) is 9.59 Å². The number of nitrogens with one attached hydrogen (secondary N) is 1. The van der Waals surface area contributed by atoms with E-state index >= 15 is 0 Å². The van der Waals surface area contributed by atoms with Gasteiger partial charge in [-0.15, -0.1) is 0 Å². The molecule has 6 heteroatoms. The Labute approximate surface area is 79.8 Å². The molecule has 1 aromatic rings. The van der Waals surface area contributed by atoms with Crippen molar-refractivity contribution in [1.82, 2.24) is 0 Å². The van der Waals surface area contributed by atoms with Crippen LogP contribution in [0, 0.1) is 0 Å². The van der Waals surface area contributed by atoms with Crippen LogP contribution in [0.25, 0.3) is 0 Å². The van der Waals surface area contributed by atoms with E-state index < -0.39 is 12.1 Å². The summed E-state index contributed by atoms with van der Waals surface area (Å²) in [5.74, 6) is 0.240. The van der Waals surface area contributed by atoms with E-state index in [-0.39, 0.29) is 5.75 Å². The van der Waals surface area contributed by atoms with Gasteiger partial charge in [-0.25, -0.2) is 9.59 Å². The van der Waals surface area contributed by atoms with Crippen LogP contribution in [-0.4, -0.2) is 12.1 Å². The molecule has 0 heterocycles. The number of nitrogens with two attached hydrogens (primary N) is 2. The maximum Gasteiger partial charge on any atom is 0.409 e. The molecule has 0 bridgehead atoms. The normalized spacial score (nSPS) is 9.14. The molecule has 0 aliphatic heterocycles. The molecule has 0 saturated carbocycles. The van der Waals surface area contributed by atoms with E-state index in [4.69, 9.17) is 11.5 Å². The Hall–Kier alpha value is -2.24. The van der Waals surface area contributed by atoms with Crippen LogP contribution in [-0.2, 0) is 0 Å². The number of anilines is 1. The molecule has 74 valence electrons. The van der Waals surface area contributed by atoms with Gasteiger partial charge in [-0.2, -0.15) is 0 Å². The quantitative estimate of drug-likeness (QED) is 0.644. The highest BCUT2D eigenvalue weighted by atomic mass is 16.5. The molecule has 0 aliphatic rings. The number of urea groups is 1. The van der Waals surface area contributed by atoms with Crippen molar-refractivity contribution in [1.29, 1.82) is 0 Å². The van der Waals surface area contributed by atoms with Gasteiger partial charge in [-0.3, -0.25) is 0 Å². The minimum absolute atomic E-state index is 0.240. The second-order valence-electron chi connectivity index (χ2n) is 2.44. The Morgan fingerprint density at radius 1 is 1.29 bits per heavy atom. The largest absolute Gasteiger partial charge is 0.410 e. The van der Waals surface area contributed by atoms with Crippen LogP contribution in [0.5, 0.6) is 5.75 Å². The maximum absolute atomic E-state index is 10.5. The minimum Gasteiger partial charge on any atom is -0.410 e. The fourth-order valence-electron chi connectivity index (χ4n) is 0.896. The summed E-state index contributed by atoms with van der Waals surface area (Å²) in [7, 11) is 0. The lowest BCUT2D eigenvalue weighted by Gasteiger charge is -2.04. The summed E-state index contributed by atoms with van der Waals surface area (Å²) in [6.07, 6.45) is -0.916. The molecule has 1 rings (SSSR count). The molecular weight excluding hydrogens is 186 g/mol. The average Bonchev–Trinajstić information content (AvgIpc) is 2.01. The van der Waals surface area contributed by atoms with Gasteiger partial charge in [-0.05, 0) is 12.1 Å². The van der Waals surface area contributed by atoms with Crippen LogP contribution < -0.4 is 21.5 Å². The molecule has 3 amide bonds. The Balaban J connectivity index is 2.78. The predicted molar refractivity (Wildman–Crippen MR) is 49.9 cm³/mol. The molecule has 0 atom stereocenters. The number of benzene rings is 1. The van der Waals surface area contributed by atoms with Crippen LogP contribution in [0.15, 0.2) is 24.3 Å². The van der Waals surface area contributed by atoms with E-state index in [2.05, 4.69) is 10.1 Å². The zero-order valence-electron chi connectivity index (χ0n) is 7.19. The lowest BCUT2D eigenvalue weighted by molar-refractivity contribution is 0.211. The predicted octanol–water partition coefficient (Wildman–Crippen LogP) is 0.635. The lowest BCUT2D eigenvalue weighted by Crippen LogP contribution is -2.19. The lowest BCUT2D eigenvalue weighted by atomic mass is 10.3. The van der Waals surface area contributed by atoms with Crippen molar-refractivity contribution in [2.24, 2.45) is 11.5 Å². The van der Waals surface area contributed by atoms with Crippen LogP contribution in [0.4, 0.5) is 15.3 Å². The molecule has 0 fully saturated rings. The summed E-state index contributed by atoms with van der Waals surface area (Å²) in [5, 5.41) is 2.33. The monoisotopic (exact) mass is 195 g/mol. The number of rotatable bonds is 2. The number of hydrogen-bond acceptors (Lipinski definition) is 3. The van der Waals surface area contributed by atoms with Crippen molar-refractivity contribution >= 4 is 17.8 Å². The fraction of sp³-hybridized carbons (Fsp3) is 0. The van der Waals surface area contributed by atoms with E-state index in [1.807, 2.05) is 0 Å². The highest BCUT2D eigenvalue weighted by Crippen LogP contribution is 2.16. The van der Waals surface area contributed by atoms with Crippen molar-refractivity contribution in [3.63, 3.8) is 0 Å². The molecule has 0 aliphatic carbocycles. The van der Waals surface area contributed by atoms with Gasteiger partial charge in [0.2, 0.25) is 0 Å². The Morgan fingerprint density at radius 3 is 2.57 bits per heavy atom. The maximum atomic E-state index is 10.5. The van der Waals surface area contributed by atoms with Gasteiger partial charge in [-0.1, -0.05) is 6.07 Å². The third kappa shape index (κ3) is 3.02. The van der Waals surface area contributed by atoms with Gasteiger partial charge in [0.1, 0.15) is 5.75 Å². The van der Waals surface area contributed by atoms with Crippen molar-refractivity contribution < 1.29 is 14.3 Å². The van der Waals surface area contributed by atoms with Gasteiger partial charge in [0.05, 0.1) is 0 Å². The van der Waals surface area contributed by atoms with Crippen molar-refractivity contribution in [2.75, 3.05) is 5.32 Å². The summed E-state index contributed by atoms with van der Waals surface area (Å²) < 4.78 is 4.58. The zero-order chi connectivity index (χ0) is 10.6. The van der Waals surface area contributed by atoms with Gasteiger partial charge in [0.15, 0.2) is 0 Å². The van der Waals surface area contributed by atoms with E-state index in [0.29, 0.717) is 5.69 Å². The zero-order valence-corrected chi connectivity index (χ0v) is 7.19. The van der Waals surface area contributed by atoms with Gasteiger partial charge >= 0.3 is 12.1 Å². The van der Waals surface area contributed by atoms with Gasteiger partial charge in [0, 0.05) is 11.8 Å². The molecule has 0 spiro atoms. The topological polar surface area (TPSA) is 107 Å². The summed E-state index contributed by atoms with van der Waals surface area (Å²) in [6.45, 7) is 0. The van der Waals surface area contributed by atoms with E-state index in [1.165, 1.54) is 12.1 Å². The Bertz CT molecular complexity index is 333. The number of carbonyl (C=O) groups excluding carboxylic acids is 2. The summed E-state index contributed by atoms with van der Waals surface area (Å²) in [5.41, 5.74) is 10.1. The molecular formula is C8H9N3O3. The Kier molecular flexibility index (Phi) is 2.90. The van der Waals surface area contributed by atoms with Crippen molar-refractivity contribution in [3.8, 4) is 5.75 Å². The van der Waals surface area contributed by atoms with Crippen LogP contribution >= 0.6 is 0 Å². The Morgan fingerprint density at radius 2 is 2.00 bits per heavy atom. The first-order valence-electron chi connectivity index (χ1n) is 3.72. The average molecular weight is 195 g/mol. The van der Waals surface area contributed by atoms with Crippen molar-refractivity contribution in [2.45, 2.75) is 0 Å². The van der Waals surface area contributed by atoms with Crippen molar-refractivity contribution in [3.05, 3.63) is 24.3 Å². The number of ether oxygens (including phenoxy) is 1. The number of primary amides is 2. The second kappa shape index (κ2) is 4.13. The minimum atomic E-state index is -0.916. The smallest absolute Gasteiger partial charge is 0.409 e. The molecule has 0 radical (unpaired) electrons. The number of hydrogen-bond donors (Lipinski definition) is 3. The molecule has 1 aromatic carbocycles. The number of carbonyl (C=O) groups is 2. The first kappa shape index (κ1) is 9.85. The SMILES string of the molecule is NC(=O)Nc1cccc(OC(N)=O)c1. The van der Waals surface area contributed by atoms with Crippen LogP contribution in [0.3, 0.4) is 0 Å². The van der Waals surface area contributed by atoms with E-state index in [1.54, 1.807) is 12.1 Å². The molecule has 14 heavy (non-hydrogen) atoms. The highest BCUT2D eigenvalue weighted by Gasteiger charge is 2.01. The second-order valence-corrected chi connectivity index (χ2v) is 2.44. The standard InChI is InChI=1S/C8H9N3O3/c9-7(12)11-5-2-1-3-6(4-5)14-8(10)13/h1-4H,(H2,10,13)(H3,9,11,12). The molecule has 0 aromatic heterocycles. The molecule has 0 saturated heterocycles. The summed E-state index contributed by atoms with van der Waals surface area (Å²) in [4.78, 5) is 20.9. The molecule has 6 nitrogen and oxygen atoms in total. The third-order valence-electron chi connectivity index (χ3n) is 1.32. The van der Waals surface area contributed by atoms with Gasteiger partial charge < -0.3 is 21.5 Å². The molecule has 0 unspecified atom stereocenters. The summed E-state index contributed by atoms with van der Waals surface area (Å²) >= 11 is 0. The highest BCUT2D eigenvalue weighted by molar-refractivity contribution is 5.88. The fourth-order valence-corrected chi connectivity index (χ4v) is 0.896. The first-order valence-corrected chi connectivity index (χ1v) is 3.72. The van der Waals surface area contributed by atoms with E-state index in [0.717, 1.165) is 0 Å². The number of amides is 3. The van der Waals surface area contributed by atoms with Crippen LogP contribution in [0.2, 0.25) is 0 Å².